The molecule has 0 aliphatic rings. The Balaban J connectivity index is 3.50. The summed E-state index contributed by atoms with van der Waals surface area (Å²) in [6, 6.07) is 0. The van der Waals surface area contributed by atoms with Crippen LogP contribution in [0.5, 0.6) is 0 Å². The summed E-state index contributed by atoms with van der Waals surface area (Å²) in [5.41, 5.74) is 4.25. The molecular weight excluding hydrogens is 174 g/mol. The van der Waals surface area contributed by atoms with E-state index in [0.717, 1.165) is 12.8 Å². The number of unbranched alkanes of at least 4 members (excludes halogenated alkanes) is 1. The van der Waals surface area contributed by atoms with E-state index >= 15 is 0 Å². The van der Waals surface area contributed by atoms with Gasteiger partial charge < -0.3 is 0 Å². The minimum absolute atomic E-state index is 0.676. The molecule has 0 aromatic heterocycles. The van der Waals surface area contributed by atoms with E-state index in [1.54, 1.807) is 0 Å². The van der Waals surface area contributed by atoms with Gasteiger partial charge in [-0.2, -0.15) is 0 Å². The standard InChI is InChI=1S/C12H23NO/c1-5-10(2)11(3)8-6-7-9-12(4)13-14/h5,11,13-14H,4,6-9H2,1-3H3/b10-5+. The van der Waals surface area contributed by atoms with E-state index in [0.29, 0.717) is 11.6 Å². The molecule has 0 aliphatic heterocycles. The number of rotatable bonds is 7. The number of allylic oxidation sites excluding steroid dienone is 3. The maximum atomic E-state index is 8.51. The summed E-state index contributed by atoms with van der Waals surface area (Å²) in [6.45, 7) is 10.2. The van der Waals surface area contributed by atoms with Crippen LogP contribution in [-0.2, 0) is 0 Å². The van der Waals surface area contributed by atoms with E-state index in [9.17, 15) is 0 Å². The molecular formula is C12H23NO. The van der Waals surface area contributed by atoms with Crippen LogP contribution in [0, 0.1) is 5.92 Å². The average Bonchev–Trinajstić information content (AvgIpc) is 2.22. The monoisotopic (exact) mass is 197 g/mol. The third-order valence-corrected chi connectivity index (χ3v) is 2.76. The largest absolute Gasteiger partial charge is 0.291 e. The van der Waals surface area contributed by atoms with Crippen LogP contribution in [0.4, 0.5) is 0 Å². The smallest absolute Gasteiger partial charge is 0.0304 e. The molecule has 0 saturated heterocycles. The fraction of sp³-hybridized carbons (Fsp3) is 0.667. The molecule has 0 aromatic rings. The lowest BCUT2D eigenvalue weighted by Crippen LogP contribution is -2.05. The van der Waals surface area contributed by atoms with Gasteiger partial charge in [-0.05, 0) is 39.0 Å². The van der Waals surface area contributed by atoms with Gasteiger partial charge in [-0.3, -0.25) is 10.7 Å². The lowest BCUT2D eigenvalue weighted by molar-refractivity contribution is 0.196. The Kier molecular flexibility index (Phi) is 7.21. The zero-order valence-corrected chi connectivity index (χ0v) is 9.64. The van der Waals surface area contributed by atoms with E-state index in [-0.39, 0.29) is 0 Å². The molecule has 0 bridgehead atoms. The summed E-state index contributed by atoms with van der Waals surface area (Å²) in [5.74, 6) is 0.676. The highest BCUT2D eigenvalue weighted by atomic mass is 16.5. The van der Waals surface area contributed by atoms with Crippen molar-refractivity contribution in [2.75, 3.05) is 0 Å². The van der Waals surface area contributed by atoms with Gasteiger partial charge in [0.05, 0.1) is 0 Å². The topological polar surface area (TPSA) is 32.3 Å². The second-order valence-corrected chi connectivity index (χ2v) is 3.89. The van der Waals surface area contributed by atoms with Crippen LogP contribution in [-0.4, -0.2) is 5.21 Å². The van der Waals surface area contributed by atoms with E-state index in [4.69, 9.17) is 5.21 Å². The predicted molar refractivity (Wildman–Crippen MR) is 61.1 cm³/mol. The molecule has 0 aliphatic carbocycles. The Morgan fingerprint density at radius 2 is 2.14 bits per heavy atom. The van der Waals surface area contributed by atoms with Crippen LogP contribution >= 0.6 is 0 Å². The van der Waals surface area contributed by atoms with Crippen molar-refractivity contribution in [2.45, 2.75) is 46.5 Å². The maximum Gasteiger partial charge on any atom is 0.0304 e. The van der Waals surface area contributed by atoms with Crippen LogP contribution in [0.25, 0.3) is 0 Å². The van der Waals surface area contributed by atoms with Crippen LogP contribution in [0.3, 0.4) is 0 Å². The molecule has 0 heterocycles. The van der Waals surface area contributed by atoms with Gasteiger partial charge in [0.1, 0.15) is 0 Å². The van der Waals surface area contributed by atoms with Gasteiger partial charge in [0.15, 0.2) is 0 Å². The summed E-state index contributed by atoms with van der Waals surface area (Å²) in [7, 11) is 0. The Labute approximate surface area is 87.7 Å². The molecule has 2 nitrogen and oxygen atoms in total. The minimum atomic E-state index is 0.676. The molecule has 0 fully saturated rings. The number of hydrogen-bond donors (Lipinski definition) is 2. The highest BCUT2D eigenvalue weighted by Gasteiger charge is 2.02. The molecule has 14 heavy (non-hydrogen) atoms. The van der Waals surface area contributed by atoms with Crippen molar-refractivity contribution in [1.29, 1.82) is 0 Å². The molecule has 0 aromatic carbocycles. The second kappa shape index (κ2) is 7.63. The third-order valence-electron chi connectivity index (χ3n) is 2.76. The van der Waals surface area contributed by atoms with E-state index in [2.05, 4.69) is 38.9 Å². The Morgan fingerprint density at radius 1 is 1.50 bits per heavy atom. The number of hydroxylamine groups is 1. The summed E-state index contributed by atoms with van der Waals surface area (Å²) in [6.07, 6.45) is 6.53. The highest BCUT2D eigenvalue weighted by Crippen LogP contribution is 2.17. The first-order valence-corrected chi connectivity index (χ1v) is 5.32. The SMILES string of the molecule is C=C(CCCCC(C)/C(C)=C/C)NO. The minimum Gasteiger partial charge on any atom is -0.291 e. The molecule has 0 rings (SSSR count). The number of hydrogen-bond acceptors (Lipinski definition) is 2. The zero-order valence-electron chi connectivity index (χ0n) is 9.64. The second-order valence-electron chi connectivity index (χ2n) is 3.89. The quantitative estimate of drug-likeness (QED) is 0.371. The predicted octanol–water partition coefficient (Wildman–Crippen LogP) is 3.64. The van der Waals surface area contributed by atoms with Crippen molar-refractivity contribution in [2.24, 2.45) is 5.92 Å². The van der Waals surface area contributed by atoms with Gasteiger partial charge >= 0.3 is 0 Å². The Bertz CT molecular complexity index is 196. The first kappa shape index (κ1) is 13.2. The molecule has 2 heteroatoms. The molecule has 0 amide bonds. The van der Waals surface area contributed by atoms with E-state index in [1.165, 1.54) is 18.4 Å². The van der Waals surface area contributed by atoms with Crippen molar-refractivity contribution >= 4 is 0 Å². The lowest BCUT2D eigenvalue weighted by atomic mass is 9.96. The van der Waals surface area contributed by atoms with Crippen LogP contribution in [0.2, 0.25) is 0 Å². The molecule has 0 saturated carbocycles. The number of nitrogens with one attached hydrogen (secondary N) is 1. The Morgan fingerprint density at radius 3 is 2.64 bits per heavy atom. The van der Waals surface area contributed by atoms with Crippen LogP contribution < -0.4 is 5.48 Å². The highest BCUT2D eigenvalue weighted by molar-refractivity contribution is 4.99. The van der Waals surface area contributed by atoms with Gasteiger partial charge in [-0.25, -0.2) is 0 Å². The van der Waals surface area contributed by atoms with E-state index in [1.807, 2.05) is 0 Å². The average molecular weight is 197 g/mol. The molecule has 2 N–H and O–H groups in total. The fourth-order valence-electron chi connectivity index (χ4n) is 1.36. The molecule has 1 unspecified atom stereocenters. The normalized spacial score (nSPS) is 13.9. The summed E-state index contributed by atoms with van der Waals surface area (Å²) in [4.78, 5) is 0. The van der Waals surface area contributed by atoms with Crippen LogP contribution in [0.15, 0.2) is 23.9 Å². The lowest BCUT2D eigenvalue weighted by Gasteiger charge is -2.11. The molecule has 0 radical (unpaired) electrons. The van der Waals surface area contributed by atoms with Crippen LogP contribution in [0.1, 0.15) is 46.5 Å². The van der Waals surface area contributed by atoms with Crippen molar-refractivity contribution in [1.82, 2.24) is 5.48 Å². The fourth-order valence-corrected chi connectivity index (χ4v) is 1.36. The van der Waals surface area contributed by atoms with Crippen molar-refractivity contribution in [3.05, 3.63) is 23.9 Å². The molecule has 1 atom stereocenters. The molecule has 82 valence electrons. The van der Waals surface area contributed by atoms with Gasteiger partial charge in [0.2, 0.25) is 0 Å². The van der Waals surface area contributed by atoms with Crippen molar-refractivity contribution in [3.8, 4) is 0 Å². The van der Waals surface area contributed by atoms with Gasteiger partial charge in [-0.1, -0.05) is 31.6 Å². The third kappa shape index (κ3) is 5.81. The van der Waals surface area contributed by atoms with Gasteiger partial charge in [0.25, 0.3) is 0 Å². The maximum absolute atomic E-state index is 8.51. The summed E-state index contributed by atoms with van der Waals surface area (Å²) >= 11 is 0. The Hall–Kier alpha value is -0.760. The first-order valence-electron chi connectivity index (χ1n) is 5.32. The molecule has 0 spiro atoms. The zero-order chi connectivity index (χ0) is 11.0. The first-order chi connectivity index (χ1) is 6.61. The van der Waals surface area contributed by atoms with E-state index < -0.39 is 0 Å². The van der Waals surface area contributed by atoms with Crippen molar-refractivity contribution in [3.63, 3.8) is 0 Å². The van der Waals surface area contributed by atoms with Gasteiger partial charge in [0, 0.05) is 5.70 Å². The summed E-state index contributed by atoms with van der Waals surface area (Å²) < 4.78 is 0. The van der Waals surface area contributed by atoms with Gasteiger partial charge in [-0.15, -0.1) is 0 Å². The summed E-state index contributed by atoms with van der Waals surface area (Å²) in [5, 5.41) is 8.51. The van der Waals surface area contributed by atoms with Crippen molar-refractivity contribution < 1.29 is 5.21 Å².